The molecule has 6 rings (SSSR count). The molecule has 0 bridgehead atoms. The molecule has 0 radical (unpaired) electrons. The van der Waals surface area contributed by atoms with Gasteiger partial charge in [-0.2, -0.15) is 9.97 Å². The van der Waals surface area contributed by atoms with E-state index in [1.807, 2.05) is 0 Å². The Morgan fingerprint density at radius 1 is 1.31 bits per heavy atom. The second kappa shape index (κ2) is 7.56. The van der Waals surface area contributed by atoms with Crippen LogP contribution in [0.4, 0.5) is 19.0 Å². The van der Waals surface area contributed by atoms with E-state index in [9.17, 15) is 13.2 Å². The minimum Gasteiger partial charge on any atom is -0.461 e. The molecule has 0 spiro atoms. The Labute approximate surface area is 190 Å². The number of hydrogen-bond donors (Lipinski definition) is 0. The maximum absolute atomic E-state index is 15.0. The van der Waals surface area contributed by atoms with Crippen LogP contribution in [0.2, 0.25) is 5.15 Å². The van der Waals surface area contributed by atoms with Crippen molar-refractivity contribution in [2.45, 2.75) is 55.7 Å². The van der Waals surface area contributed by atoms with Crippen molar-refractivity contribution in [2.75, 3.05) is 37.7 Å². The number of ether oxygens (including phenoxy) is 2. The number of rotatable bonds is 4. The highest BCUT2D eigenvalue weighted by molar-refractivity contribution is 6.30. The smallest absolute Gasteiger partial charge is 0.319 e. The maximum Gasteiger partial charge on any atom is 0.319 e. The van der Waals surface area contributed by atoms with Crippen molar-refractivity contribution in [3.63, 3.8) is 0 Å². The van der Waals surface area contributed by atoms with Gasteiger partial charge in [0.15, 0.2) is 17.1 Å². The van der Waals surface area contributed by atoms with Gasteiger partial charge in [0.25, 0.3) is 0 Å². The average Bonchev–Trinajstić information content (AvgIpc) is 3.14. The third-order valence-corrected chi connectivity index (χ3v) is 7.12. The first kappa shape index (κ1) is 18.5. The number of alkyl halides is 2. The fraction of sp³-hybridized carbons (Fsp3) is 0.667. The monoisotopic (exact) mass is 471 g/mol. The second-order valence-electron chi connectivity index (χ2n) is 8.86. The van der Waals surface area contributed by atoms with Gasteiger partial charge in [-0.25, -0.2) is 18.2 Å². The van der Waals surface area contributed by atoms with E-state index in [1.165, 1.54) is 6.20 Å². The zero-order valence-corrected chi connectivity index (χ0v) is 17.9. The van der Waals surface area contributed by atoms with Crippen LogP contribution in [0.5, 0.6) is 6.01 Å². The van der Waals surface area contributed by atoms with Gasteiger partial charge in [-0.3, -0.25) is 4.90 Å². The molecule has 172 valence electrons. The average molecular weight is 472 g/mol. The molecule has 11 heteroatoms. The lowest BCUT2D eigenvalue weighted by Crippen LogP contribution is -2.43. The molecule has 2 aromatic heterocycles. The van der Waals surface area contributed by atoms with Crippen LogP contribution in [0, 0.1) is 5.82 Å². The molecule has 3 unspecified atom stereocenters. The number of aromatic nitrogens is 3. The summed E-state index contributed by atoms with van der Waals surface area (Å²) in [5.74, 6) is -0.733. The molecule has 5 heterocycles. The third-order valence-electron chi connectivity index (χ3n) is 6.86. The Kier molecular flexibility index (Phi) is 4.37. The molecular weight excluding hydrogens is 447 g/mol. The summed E-state index contributed by atoms with van der Waals surface area (Å²) in [5.41, 5.74) is -1.37. The predicted octanol–water partition coefficient (Wildman–Crippen LogP) is 3.09. The summed E-state index contributed by atoms with van der Waals surface area (Å²) in [4.78, 5) is 15.8. The molecule has 4 fully saturated rings. The van der Waals surface area contributed by atoms with Gasteiger partial charge in [0.1, 0.15) is 30.2 Å². The Bertz CT molecular complexity index is 1150. The summed E-state index contributed by atoms with van der Waals surface area (Å²) in [6, 6.07) is -1.02. The van der Waals surface area contributed by atoms with E-state index in [2.05, 4.69) is 15.0 Å². The predicted molar refractivity (Wildman–Crippen MR) is 111 cm³/mol. The fourth-order valence-corrected chi connectivity index (χ4v) is 5.43. The largest absolute Gasteiger partial charge is 0.461 e. The van der Waals surface area contributed by atoms with Crippen LogP contribution in [0.25, 0.3) is 10.9 Å². The lowest BCUT2D eigenvalue weighted by molar-refractivity contribution is 0.105. The van der Waals surface area contributed by atoms with Crippen molar-refractivity contribution in [2.24, 2.45) is 0 Å². The van der Waals surface area contributed by atoms with Gasteiger partial charge in [-0.05, 0) is 25.8 Å². The molecule has 3 aliphatic heterocycles. The van der Waals surface area contributed by atoms with E-state index in [4.69, 9.17) is 23.8 Å². The number of fused-ring (bicyclic) bond motifs is 3. The van der Waals surface area contributed by atoms with E-state index >= 15 is 0 Å². The van der Waals surface area contributed by atoms with Crippen LogP contribution >= 0.6 is 11.6 Å². The van der Waals surface area contributed by atoms with E-state index in [1.54, 1.807) is 9.80 Å². The Morgan fingerprint density at radius 2 is 2.19 bits per heavy atom. The van der Waals surface area contributed by atoms with Crippen LogP contribution < -0.4 is 9.64 Å². The molecule has 32 heavy (non-hydrogen) atoms. The highest BCUT2D eigenvalue weighted by Crippen LogP contribution is 2.43. The van der Waals surface area contributed by atoms with Crippen LogP contribution in [0.1, 0.15) is 28.4 Å². The first-order valence-corrected chi connectivity index (χ1v) is 11.2. The van der Waals surface area contributed by atoms with Gasteiger partial charge >= 0.3 is 6.01 Å². The van der Waals surface area contributed by atoms with Crippen molar-refractivity contribution in [1.82, 2.24) is 19.9 Å². The summed E-state index contributed by atoms with van der Waals surface area (Å²) in [5, 5.41) is -0.200. The number of anilines is 1. The fourth-order valence-electron chi connectivity index (χ4n) is 5.29. The lowest BCUT2D eigenvalue weighted by atomic mass is 9.95. The summed E-state index contributed by atoms with van der Waals surface area (Å²) in [7, 11) is 0. The molecule has 0 aromatic carbocycles. The normalized spacial score (nSPS) is 35.8. The molecule has 3 saturated heterocycles. The van der Waals surface area contributed by atoms with Crippen molar-refractivity contribution >= 4 is 28.3 Å². The SMILES string of the molecule is [2H]C([2H])(Oc1nc(N2CCCOC3C(F)C32)c2cnc(Cl)c(F)c2n1)[C@@]12CCCN1C[C@H](F)C2. The van der Waals surface area contributed by atoms with Crippen LogP contribution in [0.15, 0.2) is 6.20 Å². The first-order chi connectivity index (χ1) is 16.2. The lowest BCUT2D eigenvalue weighted by Gasteiger charge is -2.31. The number of pyridine rings is 1. The summed E-state index contributed by atoms with van der Waals surface area (Å²) in [6.45, 7) is -0.871. The molecular formula is C21H23ClF3N5O2. The van der Waals surface area contributed by atoms with E-state index < -0.39 is 53.6 Å². The third kappa shape index (κ3) is 3.21. The number of nitrogens with zero attached hydrogens (tertiary/aromatic N) is 5. The molecule has 0 amide bonds. The number of halogens is 4. The first-order valence-electron chi connectivity index (χ1n) is 11.8. The molecule has 1 aliphatic carbocycles. The zero-order chi connectivity index (χ0) is 23.8. The summed E-state index contributed by atoms with van der Waals surface area (Å²) in [6.07, 6.45) is 0.0260. The number of hydrogen-bond acceptors (Lipinski definition) is 7. The molecule has 2 aromatic rings. The molecule has 1 saturated carbocycles. The molecule has 7 nitrogen and oxygen atoms in total. The van der Waals surface area contributed by atoms with E-state index in [-0.39, 0.29) is 29.7 Å². The summed E-state index contributed by atoms with van der Waals surface area (Å²) >= 11 is 5.89. The topological polar surface area (TPSA) is 63.6 Å². The van der Waals surface area contributed by atoms with Gasteiger partial charge in [-0.1, -0.05) is 11.6 Å². The molecule has 4 aliphatic rings. The van der Waals surface area contributed by atoms with Gasteiger partial charge < -0.3 is 14.4 Å². The van der Waals surface area contributed by atoms with Gasteiger partial charge in [0, 0.05) is 32.3 Å². The van der Waals surface area contributed by atoms with Gasteiger partial charge in [-0.15, -0.1) is 0 Å². The highest BCUT2D eigenvalue weighted by Gasteiger charge is 2.58. The van der Waals surface area contributed by atoms with Crippen molar-refractivity contribution in [3.8, 4) is 6.01 Å². The van der Waals surface area contributed by atoms with Crippen LogP contribution in [-0.2, 0) is 4.74 Å². The van der Waals surface area contributed by atoms with Crippen molar-refractivity contribution < 1.29 is 25.4 Å². The Hall–Kier alpha value is -1.91. The standard InChI is InChI=1S/C21H23ClF3N5O2/c22-18-13(24)15-12(8-26-18)19(30-5-2-6-31-17-14(25)16(17)30)28-20(27-15)32-10-21-3-1-4-29(21)9-11(23)7-21/h8,11,14,16-17H,1-7,9-10H2/t11-,14?,16?,17?,21+/m1/s1/i10D2. The van der Waals surface area contributed by atoms with Crippen LogP contribution in [0.3, 0.4) is 0 Å². The Morgan fingerprint density at radius 3 is 3.06 bits per heavy atom. The minimum atomic E-state index is -2.35. The van der Waals surface area contributed by atoms with Crippen LogP contribution in [-0.4, -0.2) is 82.7 Å². The maximum atomic E-state index is 15.0. The van der Waals surface area contributed by atoms with Crippen molar-refractivity contribution in [3.05, 3.63) is 17.2 Å². The van der Waals surface area contributed by atoms with Gasteiger partial charge in [0.2, 0.25) is 0 Å². The molecule has 5 atom stereocenters. The summed E-state index contributed by atoms with van der Waals surface area (Å²) < 4.78 is 72.4. The quantitative estimate of drug-likeness (QED) is 0.635. The van der Waals surface area contributed by atoms with Gasteiger partial charge in [0.05, 0.1) is 19.7 Å². The van der Waals surface area contributed by atoms with E-state index in [0.29, 0.717) is 39.0 Å². The van der Waals surface area contributed by atoms with E-state index in [0.717, 1.165) is 0 Å². The highest BCUT2D eigenvalue weighted by atomic mass is 35.5. The zero-order valence-electron chi connectivity index (χ0n) is 19.1. The second-order valence-corrected chi connectivity index (χ2v) is 9.22. The van der Waals surface area contributed by atoms with Crippen molar-refractivity contribution in [1.29, 1.82) is 0 Å². The molecule has 0 N–H and O–H groups in total. The Balaban J connectivity index is 1.44. The minimum absolute atomic E-state index is 0.0126.